The van der Waals surface area contributed by atoms with E-state index in [2.05, 4.69) is 33.4 Å². The smallest absolute Gasteiger partial charge is 0.259 e. The molecule has 4 rings (SSSR count). The number of pyridine rings is 1. The van der Waals surface area contributed by atoms with Crippen molar-refractivity contribution in [1.29, 1.82) is 0 Å². The van der Waals surface area contributed by atoms with Crippen LogP contribution in [-0.4, -0.2) is 17.4 Å². The van der Waals surface area contributed by atoms with E-state index in [-0.39, 0.29) is 5.91 Å². The number of nitrogens with one attached hydrogen (secondary N) is 1. The summed E-state index contributed by atoms with van der Waals surface area (Å²) in [5.41, 5.74) is 6.01. The summed E-state index contributed by atoms with van der Waals surface area (Å²) in [6.07, 6.45) is 2.70. The average molecular weight is 343 g/mol. The van der Waals surface area contributed by atoms with E-state index in [0.717, 1.165) is 35.5 Å². The fourth-order valence-electron chi connectivity index (χ4n) is 3.41. The van der Waals surface area contributed by atoms with Crippen LogP contribution in [0.15, 0.2) is 60.8 Å². The molecule has 1 aromatic heterocycles. The summed E-state index contributed by atoms with van der Waals surface area (Å²) >= 11 is 0. The Hall–Kier alpha value is -3.14. The highest BCUT2D eigenvalue weighted by atomic mass is 16.1. The number of fused-ring (bicyclic) bond motifs is 1. The molecule has 0 saturated heterocycles. The standard InChI is InChI=1S/C22H21N3O/c1-15-9-10-16(2)19(14-15)24-22(26)18-7-5-12-23-21(18)25-13-11-17-6-3-4-8-20(17)25/h3-10,12,14H,11,13H2,1-2H3,(H,24,26). The minimum absolute atomic E-state index is 0.133. The molecular weight excluding hydrogens is 322 g/mol. The number of hydrogen-bond donors (Lipinski definition) is 1. The van der Waals surface area contributed by atoms with Crippen LogP contribution in [0.25, 0.3) is 0 Å². The maximum Gasteiger partial charge on any atom is 0.259 e. The van der Waals surface area contributed by atoms with Crippen molar-refractivity contribution < 1.29 is 4.79 Å². The van der Waals surface area contributed by atoms with Crippen LogP contribution in [0.4, 0.5) is 17.2 Å². The van der Waals surface area contributed by atoms with E-state index >= 15 is 0 Å². The van der Waals surface area contributed by atoms with Crippen LogP contribution in [0.5, 0.6) is 0 Å². The molecule has 0 saturated carbocycles. The van der Waals surface area contributed by atoms with Crippen molar-refractivity contribution >= 4 is 23.1 Å². The highest BCUT2D eigenvalue weighted by Gasteiger charge is 2.25. The highest BCUT2D eigenvalue weighted by molar-refractivity contribution is 6.08. The summed E-state index contributed by atoms with van der Waals surface area (Å²) in [6.45, 7) is 4.85. The third-order valence-corrected chi connectivity index (χ3v) is 4.82. The van der Waals surface area contributed by atoms with Gasteiger partial charge in [-0.3, -0.25) is 4.79 Å². The lowest BCUT2D eigenvalue weighted by atomic mass is 10.1. The molecule has 0 unspecified atom stereocenters. The van der Waals surface area contributed by atoms with Gasteiger partial charge in [0.1, 0.15) is 5.82 Å². The Morgan fingerprint density at radius 3 is 2.81 bits per heavy atom. The molecule has 4 nitrogen and oxygen atoms in total. The van der Waals surface area contributed by atoms with E-state index in [1.165, 1.54) is 5.56 Å². The van der Waals surface area contributed by atoms with Crippen molar-refractivity contribution in [3.8, 4) is 0 Å². The molecule has 0 radical (unpaired) electrons. The number of para-hydroxylation sites is 1. The van der Waals surface area contributed by atoms with E-state index in [1.807, 2.05) is 50.2 Å². The van der Waals surface area contributed by atoms with E-state index in [9.17, 15) is 4.79 Å². The molecule has 2 aromatic carbocycles. The number of rotatable bonds is 3. The fraction of sp³-hybridized carbons (Fsp3) is 0.182. The Morgan fingerprint density at radius 1 is 1.08 bits per heavy atom. The zero-order valence-electron chi connectivity index (χ0n) is 15.0. The van der Waals surface area contributed by atoms with Gasteiger partial charge in [0.25, 0.3) is 5.91 Å². The molecule has 0 atom stereocenters. The third-order valence-electron chi connectivity index (χ3n) is 4.82. The second-order valence-electron chi connectivity index (χ2n) is 6.68. The van der Waals surface area contributed by atoms with E-state index in [0.29, 0.717) is 11.4 Å². The number of anilines is 3. The number of benzene rings is 2. The van der Waals surface area contributed by atoms with Gasteiger partial charge in [0.05, 0.1) is 5.56 Å². The Labute approximate surface area is 153 Å². The number of aryl methyl sites for hydroxylation is 2. The number of nitrogens with zero attached hydrogens (tertiary/aromatic N) is 2. The first kappa shape index (κ1) is 16.3. The van der Waals surface area contributed by atoms with Crippen LogP contribution in [-0.2, 0) is 6.42 Å². The Bertz CT molecular complexity index is 981. The van der Waals surface area contributed by atoms with Gasteiger partial charge in [0.2, 0.25) is 0 Å². The van der Waals surface area contributed by atoms with Crippen LogP contribution in [0.2, 0.25) is 0 Å². The van der Waals surface area contributed by atoms with Crippen LogP contribution in [0.3, 0.4) is 0 Å². The predicted octanol–water partition coefficient (Wildman–Crippen LogP) is 4.64. The summed E-state index contributed by atoms with van der Waals surface area (Å²) < 4.78 is 0. The van der Waals surface area contributed by atoms with Crippen molar-refractivity contribution in [2.75, 3.05) is 16.8 Å². The topological polar surface area (TPSA) is 45.2 Å². The first-order valence-electron chi connectivity index (χ1n) is 8.82. The zero-order chi connectivity index (χ0) is 18.1. The van der Waals surface area contributed by atoms with Crippen LogP contribution < -0.4 is 10.2 Å². The van der Waals surface area contributed by atoms with Gasteiger partial charge < -0.3 is 10.2 Å². The lowest BCUT2D eigenvalue weighted by molar-refractivity contribution is 0.102. The van der Waals surface area contributed by atoms with Crippen molar-refractivity contribution in [2.45, 2.75) is 20.3 Å². The molecule has 0 fully saturated rings. The van der Waals surface area contributed by atoms with Gasteiger partial charge in [-0.15, -0.1) is 0 Å². The summed E-state index contributed by atoms with van der Waals surface area (Å²) in [6, 6.07) is 18.0. The van der Waals surface area contributed by atoms with Crippen LogP contribution in [0.1, 0.15) is 27.0 Å². The lowest BCUT2D eigenvalue weighted by Crippen LogP contribution is -2.21. The zero-order valence-corrected chi connectivity index (χ0v) is 15.0. The minimum atomic E-state index is -0.133. The van der Waals surface area contributed by atoms with E-state index in [4.69, 9.17) is 0 Å². The molecule has 1 aliphatic rings. The number of carbonyl (C=O) groups is 1. The molecule has 0 aliphatic carbocycles. The number of carbonyl (C=O) groups excluding carboxylic acids is 1. The molecule has 130 valence electrons. The highest BCUT2D eigenvalue weighted by Crippen LogP contribution is 2.35. The molecule has 2 heterocycles. The normalized spacial score (nSPS) is 12.8. The first-order valence-corrected chi connectivity index (χ1v) is 8.82. The quantitative estimate of drug-likeness (QED) is 0.753. The fourth-order valence-corrected chi connectivity index (χ4v) is 3.41. The molecule has 1 N–H and O–H groups in total. The number of amides is 1. The lowest BCUT2D eigenvalue weighted by Gasteiger charge is -2.21. The van der Waals surface area contributed by atoms with Crippen LogP contribution in [0, 0.1) is 13.8 Å². The predicted molar refractivity (Wildman–Crippen MR) is 105 cm³/mol. The molecule has 0 bridgehead atoms. The summed E-state index contributed by atoms with van der Waals surface area (Å²) in [4.78, 5) is 19.6. The molecule has 1 amide bonds. The summed E-state index contributed by atoms with van der Waals surface area (Å²) in [5.74, 6) is 0.575. The second kappa shape index (κ2) is 6.64. The van der Waals surface area contributed by atoms with Crippen molar-refractivity contribution in [1.82, 2.24) is 4.98 Å². The first-order chi connectivity index (χ1) is 12.6. The van der Waals surface area contributed by atoms with E-state index < -0.39 is 0 Å². The second-order valence-corrected chi connectivity index (χ2v) is 6.68. The molecule has 4 heteroatoms. The Balaban J connectivity index is 1.68. The molecule has 26 heavy (non-hydrogen) atoms. The average Bonchev–Trinajstić information content (AvgIpc) is 3.08. The molecule has 1 aliphatic heterocycles. The van der Waals surface area contributed by atoms with Gasteiger partial charge in [0.15, 0.2) is 0 Å². The SMILES string of the molecule is Cc1ccc(C)c(NC(=O)c2cccnc2N2CCc3ccccc32)c1. The maximum absolute atomic E-state index is 13.0. The van der Waals surface area contributed by atoms with Gasteiger partial charge >= 0.3 is 0 Å². The van der Waals surface area contributed by atoms with Crippen molar-refractivity contribution in [2.24, 2.45) is 0 Å². The monoisotopic (exact) mass is 343 g/mol. The Kier molecular flexibility index (Phi) is 4.17. The van der Waals surface area contributed by atoms with Gasteiger partial charge in [-0.25, -0.2) is 4.98 Å². The third kappa shape index (κ3) is 2.94. The molecule has 0 spiro atoms. The summed E-state index contributed by atoms with van der Waals surface area (Å²) in [7, 11) is 0. The van der Waals surface area contributed by atoms with E-state index in [1.54, 1.807) is 6.20 Å². The number of aromatic nitrogens is 1. The van der Waals surface area contributed by atoms with Crippen LogP contribution >= 0.6 is 0 Å². The van der Waals surface area contributed by atoms with Gasteiger partial charge in [-0.2, -0.15) is 0 Å². The maximum atomic E-state index is 13.0. The van der Waals surface area contributed by atoms with Crippen molar-refractivity contribution in [3.63, 3.8) is 0 Å². The molecular formula is C22H21N3O. The van der Waals surface area contributed by atoms with Gasteiger partial charge in [-0.1, -0.05) is 30.3 Å². The van der Waals surface area contributed by atoms with Gasteiger partial charge in [0, 0.05) is 24.1 Å². The summed E-state index contributed by atoms with van der Waals surface area (Å²) in [5, 5.41) is 3.05. The molecule has 3 aromatic rings. The Morgan fingerprint density at radius 2 is 1.92 bits per heavy atom. The van der Waals surface area contributed by atoms with Crippen molar-refractivity contribution in [3.05, 3.63) is 83.0 Å². The number of hydrogen-bond acceptors (Lipinski definition) is 3. The van der Waals surface area contributed by atoms with Gasteiger partial charge in [-0.05, 0) is 61.2 Å². The largest absolute Gasteiger partial charge is 0.325 e. The minimum Gasteiger partial charge on any atom is -0.325 e.